The standard InChI is InChI=1S/C20H17Cl2N5O/c21-15-6-4-14(11-16(15)22)17-7-5-13-3-1-2-10-27(19(13)25-17)20(28)26-18-12-23-8-9-24-18/h4-9,11-12H,1-3,10H2,(H,24,26,28). The molecule has 8 heteroatoms. The van der Waals surface area contributed by atoms with Crippen LogP contribution in [0, 0.1) is 0 Å². The number of aryl methyl sites for hydroxylation is 1. The Morgan fingerprint density at radius 1 is 1.07 bits per heavy atom. The van der Waals surface area contributed by atoms with Crippen LogP contribution in [0.15, 0.2) is 48.9 Å². The Morgan fingerprint density at radius 2 is 1.96 bits per heavy atom. The Hall–Kier alpha value is -2.70. The van der Waals surface area contributed by atoms with E-state index in [1.807, 2.05) is 18.2 Å². The summed E-state index contributed by atoms with van der Waals surface area (Å²) in [7, 11) is 0. The molecule has 2 amide bonds. The minimum atomic E-state index is -0.276. The topological polar surface area (TPSA) is 71.0 Å². The molecule has 2 aromatic heterocycles. The molecule has 0 spiro atoms. The summed E-state index contributed by atoms with van der Waals surface area (Å²) in [5.41, 5.74) is 2.61. The first-order valence-electron chi connectivity index (χ1n) is 8.92. The molecule has 142 valence electrons. The number of carbonyl (C=O) groups is 1. The van der Waals surface area contributed by atoms with Gasteiger partial charge in [-0.3, -0.25) is 15.2 Å². The highest BCUT2D eigenvalue weighted by molar-refractivity contribution is 6.42. The number of halogens is 2. The van der Waals surface area contributed by atoms with Crippen LogP contribution in [0.25, 0.3) is 11.3 Å². The van der Waals surface area contributed by atoms with Crippen molar-refractivity contribution in [1.29, 1.82) is 0 Å². The Kier molecular flexibility index (Phi) is 5.41. The van der Waals surface area contributed by atoms with E-state index in [2.05, 4.69) is 15.3 Å². The SMILES string of the molecule is O=C(Nc1cnccn1)N1CCCCc2ccc(-c3ccc(Cl)c(Cl)c3)nc21. The lowest BCUT2D eigenvalue weighted by atomic mass is 10.1. The Balaban J connectivity index is 1.69. The molecular weight excluding hydrogens is 397 g/mol. The average molecular weight is 414 g/mol. The maximum atomic E-state index is 12.9. The average Bonchev–Trinajstić information content (AvgIpc) is 2.93. The fraction of sp³-hybridized carbons (Fsp3) is 0.200. The van der Waals surface area contributed by atoms with Crippen molar-refractivity contribution in [2.24, 2.45) is 0 Å². The monoisotopic (exact) mass is 413 g/mol. The molecule has 6 nitrogen and oxygen atoms in total. The molecule has 1 N–H and O–H groups in total. The Bertz CT molecular complexity index is 1010. The fourth-order valence-electron chi connectivity index (χ4n) is 3.15. The number of amides is 2. The van der Waals surface area contributed by atoms with Crippen LogP contribution in [-0.4, -0.2) is 27.5 Å². The first-order chi connectivity index (χ1) is 13.6. The third-order valence-corrected chi connectivity index (χ3v) is 5.29. The highest BCUT2D eigenvalue weighted by Gasteiger charge is 2.23. The zero-order valence-corrected chi connectivity index (χ0v) is 16.4. The van der Waals surface area contributed by atoms with Crippen LogP contribution in [-0.2, 0) is 6.42 Å². The van der Waals surface area contributed by atoms with Gasteiger partial charge in [0.1, 0.15) is 5.82 Å². The quantitative estimate of drug-likeness (QED) is 0.624. The maximum absolute atomic E-state index is 12.9. The number of nitrogens with one attached hydrogen (secondary N) is 1. The molecule has 1 aliphatic rings. The Labute approximate surface area is 172 Å². The van der Waals surface area contributed by atoms with E-state index in [0.29, 0.717) is 28.2 Å². The molecular formula is C20H17Cl2N5O. The minimum absolute atomic E-state index is 0.276. The van der Waals surface area contributed by atoms with Crippen LogP contribution in [0.3, 0.4) is 0 Å². The summed E-state index contributed by atoms with van der Waals surface area (Å²) >= 11 is 12.2. The maximum Gasteiger partial charge on any atom is 0.328 e. The van der Waals surface area contributed by atoms with Crippen LogP contribution in [0.1, 0.15) is 18.4 Å². The fourth-order valence-corrected chi connectivity index (χ4v) is 3.45. The van der Waals surface area contributed by atoms with Gasteiger partial charge < -0.3 is 0 Å². The van der Waals surface area contributed by atoms with Crippen molar-refractivity contribution >= 4 is 40.9 Å². The van der Waals surface area contributed by atoms with E-state index in [0.717, 1.165) is 36.1 Å². The van der Waals surface area contributed by atoms with E-state index in [1.165, 1.54) is 12.4 Å². The zero-order valence-electron chi connectivity index (χ0n) is 14.9. The van der Waals surface area contributed by atoms with Gasteiger partial charge in [-0.05, 0) is 43.0 Å². The molecule has 0 unspecified atom stereocenters. The second kappa shape index (κ2) is 8.12. The molecule has 28 heavy (non-hydrogen) atoms. The molecule has 3 heterocycles. The number of rotatable bonds is 2. The normalized spacial score (nSPS) is 13.6. The summed E-state index contributed by atoms with van der Waals surface area (Å²) in [6.45, 7) is 0.580. The minimum Gasteiger partial charge on any atom is -0.291 e. The third-order valence-electron chi connectivity index (χ3n) is 4.55. The van der Waals surface area contributed by atoms with Crippen LogP contribution in [0.4, 0.5) is 16.4 Å². The molecule has 0 atom stereocenters. The van der Waals surface area contributed by atoms with Gasteiger partial charge in [0.2, 0.25) is 0 Å². The summed E-state index contributed by atoms with van der Waals surface area (Å²) in [5, 5.41) is 3.75. The lowest BCUT2D eigenvalue weighted by molar-refractivity contribution is 0.256. The van der Waals surface area contributed by atoms with Crippen LogP contribution in [0.5, 0.6) is 0 Å². The van der Waals surface area contributed by atoms with Gasteiger partial charge in [-0.2, -0.15) is 0 Å². The second-order valence-corrected chi connectivity index (χ2v) is 7.25. The van der Waals surface area contributed by atoms with E-state index in [1.54, 1.807) is 23.2 Å². The lowest BCUT2D eigenvalue weighted by Gasteiger charge is -2.22. The van der Waals surface area contributed by atoms with Crippen molar-refractivity contribution in [2.75, 3.05) is 16.8 Å². The number of hydrogen-bond donors (Lipinski definition) is 1. The smallest absolute Gasteiger partial charge is 0.291 e. The predicted molar refractivity (Wildman–Crippen MR) is 111 cm³/mol. The van der Waals surface area contributed by atoms with Crippen molar-refractivity contribution < 1.29 is 4.79 Å². The largest absolute Gasteiger partial charge is 0.328 e. The molecule has 0 fully saturated rings. The van der Waals surface area contributed by atoms with Crippen molar-refractivity contribution in [3.05, 3.63) is 64.5 Å². The lowest BCUT2D eigenvalue weighted by Crippen LogP contribution is -2.36. The number of fused-ring (bicyclic) bond motifs is 1. The van der Waals surface area contributed by atoms with Gasteiger partial charge in [0.15, 0.2) is 5.82 Å². The number of benzene rings is 1. The summed E-state index contributed by atoms with van der Waals surface area (Å²) in [4.78, 5) is 27.4. The van der Waals surface area contributed by atoms with Crippen LogP contribution < -0.4 is 10.2 Å². The van der Waals surface area contributed by atoms with Crippen LogP contribution in [0.2, 0.25) is 10.0 Å². The van der Waals surface area contributed by atoms with Crippen molar-refractivity contribution in [3.8, 4) is 11.3 Å². The van der Waals surface area contributed by atoms with Crippen molar-refractivity contribution in [3.63, 3.8) is 0 Å². The van der Waals surface area contributed by atoms with Gasteiger partial charge >= 0.3 is 6.03 Å². The number of carbonyl (C=O) groups excluding carboxylic acids is 1. The first kappa shape index (κ1) is 18.7. The summed E-state index contributed by atoms with van der Waals surface area (Å²) in [5.74, 6) is 1.06. The van der Waals surface area contributed by atoms with E-state index >= 15 is 0 Å². The summed E-state index contributed by atoms with van der Waals surface area (Å²) in [6.07, 6.45) is 7.37. The summed E-state index contributed by atoms with van der Waals surface area (Å²) in [6, 6.07) is 9.08. The second-order valence-electron chi connectivity index (χ2n) is 6.44. The molecule has 0 radical (unpaired) electrons. The highest BCUT2D eigenvalue weighted by atomic mass is 35.5. The number of anilines is 2. The first-order valence-corrected chi connectivity index (χ1v) is 9.67. The van der Waals surface area contributed by atoms with Crippen molar-refractivity contribution in [1.82, 2.24) is 15.0 Å². The number of pyridine rings is 1. The molecule has 4 rings (SSSR count). The van der Waals surface area contributed by atoms with Crippen LogP contribution >= 0.6 is 23.2 Å². The van der Waals surface area contributed by atoms with Gasteiger partial charge in [-0.25, -0.2) is 14.8 Å². The van der Waals surface area contributed by atoms with E-state index in [9.17, 15) is 4.79 Å². The number of hydrogen-bond acceptors (Lipinski definition) is 4. The molecule has 1 aromatic carbocycles. The zero-order chi connectivity index (χ0) is 19.5. The van der Waals surface area contributed by atoms with Gasteiger partial charge in [0.25, 0.3) is 0 Å². The van der Waals surface area contributed by atoms with Gasteiger partial charge in [0.05, 0.1) is 21.9 Å². The number of nitrogens with zero attached hydrogens (tertiary/aromatic N) is 4. The Morgan fingerprint density at radius 3 is 2.75 bits per heavy atom. The van der Waals surface area contributed by atoms with Gasteiger partial charge in [0, 0.05) is 24.5 Å². The molecule has 0 aliphatic carbocycles. The molecule has 0 bridgehead atoms. The molecule has 0 saturated carbocycles. The van der Waals surface area contributed by atoms with Gasteiger partial charge in [-0.15, -0.1) is 0 Å². The van der Waals surface area contributed by atoms with E-state index < -0.39 is 0 Å². The molecule has 1 aliphatic heterocycles. The number of aromatic nitrogens is 3. The number of urea groups is 1. The molecule has 0 saturated heterocycles. The highest BCUT2D eigenvalue weighted by Crippen LogP contribution is 2.31. The third kappa shape index (κ3) is 3.93. The predicted octanol–water partition coefficient (Wildman–Crippen LogP) is 5.22. The summed E-state index contributed by atoms with van der Waals surface area (Å²) < 4.78 is 0. The van der Waals surface area contributed by atoms with Gasteiger partial charge in [-0.1, -0.05) is 35.3 Å². The van der Waals surface area contributed by atoms with E-state index in [-0.39, 0.29) is 6.03 Å². The van der Waals surface area contributed by atoms with Crippen molar-refractivity contribution in [2.45, 2.75) is 19.3 Å². The van der Waals surface area contributed by atoms with E-state index in [4.69, 9.17) is 28.2 Å². The molecule has 3 aromatic rings.